The van der Waals surface area contributed by atoms with Crippen molar-refractivity contribution >= 4 is 11.8 Å². The normalized spacial score (nSPS) is 23.5. The molecular weight excluding hydrogens is 233 g/mol. The van der Waals surface area contributed by atoms with Crippen LogP contribution >= 0.6 is 11.8 Å². The maximum Gasteiger partial charge on any atom is 0.128 e. The van der Waals surface area contributed by atoms with Crippen LogP contribution in [0.2, 0.25) is 0 Å². The van der Waals surface area contributed by atoms with E-state index in [1.165, 1.54) is 11.1 Å². The van der Waals surface area contributed by atoms with Crippen LogP contribution in [0.5, 0.6) is 0 Å². The summed E-state index contributed by atoms with van der Waals surface area (Å²) >= 11 is 1.95. The summed E-state index contributed by atoms with van der Waals surface area (Å²) in [5.74, 6) is 0.898. The summed E-state index contributed by atoms with van der Waals surface area (Å²) in [7, 11) is 0. The Kier molecular flexibility index (Phi) is 4.10. The molecule has 0 saturated heterocycles. The van der Waals surface area contributed by atoms with Gasteiger partial charge in [0.25, 0.3) is 0 Å². The largest absolute Gasteiger partial charge is 0.309 e. The van der Waals surface area contributed by atoms with Crippen LogP contribution in [-0.2, 0) is 5.75 Å². The highest BCUT2D eigenvalue weighted by Crippen LogP contribution is 2.41. The van der Waals surface area contributed by atoms with Gasteiger partial charge < -0.3 is 5.32 Å². The molecule has 0 spiro atoms. The second-order valence-corrected chi connectivity index (χ2v) is 5.78. The highest BCUT2D eigenvalue weighted by atomic mass is 32.2. The molecule has 1 aromatic carbocycles. The molecule has 1 aliphatic rings. The zero-order chi connectivity index (χ0) is 12.4. The van der Waals surface area contributed by atoms with Gasteiger partial charge in [0, 0.05) is 22.6 Å². The number of nitrogens with one attached hydrogen (secondary N) is 1. The fraction of sp³-hybridized carbons (Fsp3) is 0.571. The molecule has 1 heterocycles. The van der Waals surface area contributed by atoms with E-state index in [9.17, 15) is 4.39 Å². The molecule has 0 amide bonds. The molecule has 0 radical (unpaired) electrons. The molecule has 94 valence electrons. The number of halogens is 1. The SMILES string of the molecule is CCNC1c2c(F)ccc(C)c2CSC1CC. The number of rotatable bonds is 3. The van der Waals surface area contributed by atoms with E-state index in [0.29, 0.717) is 5.25 Å². The molecule has 3 heteroatoms. The van der Waals surface area contributed by atoms with Gasteiger partial charge in [-0.15, -0.1) is 0 Å². The third-order valence-corrected chi connectivity index (χ3v) is 4.98. The van der Waals surface area contributed by atoms with Crippen molar-refractivity contribution in [2.24, 2.45) is 0 Å². The van der Waals surface area contributed by atoms with Crippen LogP contribution in [0, 0.1) is 12.7 Å². The standard InChI is InChI=1S/C14H20FNS/c1-4-12-14(16-5-2)13-10(8-17-12)9(3)6-7-11(13)15/h6-7,12,14,16H,4-5,8H2,1-3H3. The molecule has 0 aliphatic carbocycles. The lowest BCUT2D eigenvalue weighted by Gasteiger charge is -2.34. The maximum atomic E-state index is 14.1. The van der Waals surface area contributed by atoms with E-state index in [1.54, 1.807) is 6.07 Å². The minimum atomic E-state index is -0.0460. The van der Waals surface area contributed by atoms with E-state index in [-0.39, 0.29) is 11.9 Å². The smallest absolute Gasteiger partial charge is 0.128 e. The Morgan fingerprint density at radius 2 is 2.18 bits per heavy atom. The van der Waals surface area contributed by atoms with Crippen LogP contribution in [-0.4, -0.2) is 11.8 Å². The molecule has 0 aromatic heterocycles. The zero-order valence-corrected chi connectivity index (χ0v) is 11.5. The Morgan fingerprint density at radius 3 is 2.82 bits per heavy atom. The van der Waals surface area contributed by atoms with E-state index < -0.39 is 0 Å². The number of thioether (sulfide) groups is 1. The van der Waals surface area contributed by atoms with Gasteiger partial charge in [0.05, 0.1) is 0 Å². The summed E-state index contributed by atoms with van der Waals surface area (Å²) in [6.07, 6.45) is 1.08. The van der Waals surface area contributed by atoms with Gasteiger partial charge in [-0.3, -0.25) is 0 Å². The van der Waals surface area contributed by atoms with E-state index in [1.807, 2.05) is 17.8 Å². The number of hydrogen-bond donors (Lipinski definition) is 1. The van der Waals surface area contributed by atoms with Gasteiger partial charge in [0.1, 0.15) is 5.82 Å². The van der Waals surface area contributed by atoms with Gasteiger partial charge in [-0.05, 0) is 37.1 Å². The number of hydrogen-bond acceptors (Lipinski definition) is 2. The second kappa shape index (κ2) is 5.40. The molecular formula is C14H20FNS. The Bertz CT molecular complexity index is 405. The van der Waals surface area contributed by atoms with E-state index in [2.05, 4.69) is 26.1 Å². The molecule has 2 atom stereocenters. The summed E-state index contributed by atoms with van der Waals surface area (Å²) in [5, 5.41) is 3.93. The highest BCUT2D eigenvalue weighted by Gasteiger charge is 2.31. The quantitative estimate of drug-likeness (QED) is 0.879. The topological polar surface area (TPSA) is 12.0 Å². The number of aryl methyl sites for hydroxylation is 1. The van der Waals surface area contributed by atoms with Crippen LogP contribution in [0.4, 0.5) is 4.39 Å². The average Bonchev–Trinajstić information content (AvgIpc) is 2.34. The van der Waals surface area contributed by atoms with Gasteiger partial charge in [-0.25, -0.2) is 4.39 Å². The predicted octanol–water partition coefficient (Wildman–Crippen LogP) is 3.81. The zero-order valence-electron chi connectivity index (χ0n) is 10.7. The lowest BCUT2D eigenvalue weighted by atomic mass is 9.93. The third-order valence-electron chi connectivity index (χ3n) is 3.49. The Labute approximate surface area is 107 Å². The third kappa shape index (κ3) is 2.36. The average molecular weight is 253 g/mol. The molecule has 1 aliphatic heterocycles. The highest BCUT2D eigenvalue weighted by molar-refractivity contribution is 7.99. The minimum absolute atomic E-state index is 0.0460. The van der Waals surface area contributed by atoms with Crippen LogP contribution in [0.1, 0.15) is 43.0 Å². The lowest BCUT2D eigenvalue weighted by Crippen LogP contribution is -2.34. The number of fused-ring (bicyclic) bond motifs is 1. The molecule has 1 nitrogen and oxygen atoms in total. The molecule has 1 aromatic rings. The first-order valence-corrected chi connectivity index (χ1v) is 7.36. The summed E-state index contributed by atoms with van der Waals surface area (Å²) in [6.45, 7) is 7.22. The van der Waals surface area contributed by atoms with E-state index in [0.717, 1.165) is 24.3 Å². The summed E-state index contributed by atoms with van der Waals surface area (Å²) in [6, 6.07) is 3.67. The molecule has 17 heavy (non-hydrogen) atoms. The fourth-order valence-electron chi connectivity index (χ4n) is 2.55. The van der Waals surface area contributed by atoms with Crippen molar-refractivity contribution in [1.82, 2.24) is 5.32 Å². The molecule has 0 fully saturated rings. The van der Waals surface area contributed by atoms with Gasteiger partial charge in [-0.1, -0.05) is 19.9 Å². The van der Waals surface area contributed by atoms with Crippen LogP contribution < -0.4 is 5.32 Å². The Morgan fingerprint density at radius 1 is 1.41 bits per heavy atom. The van der Waals surface area contributed by atoms with Crippen molar-refractivity contribution in [2.75, 3.05) is 6.54 Å². The van der Waals surface area contributed by atoms with Gasteiger partial charge >= 0.3 is 0 Å². The van der Waals surface area contributed by atoms with Crippen LogP contribution in [0.15, 0.2) is 12.1 Å². The van der Waals surface area contributed by atoms with Crippen molar-refractivity contribution in [3.05, 3.63) is 34.6 Å². The van der Waals surface area contributed by atoms with Crippen LogP contribution in [0.3, 0.4) is 0 Å². The minimum Gasteiger partial charge on any atom is -0.309 e. The van der Waals surface area contributed by atoms with Crippen molar-refractivity contribution in [2.45, 2.75) is 44.2 Å². The van der Waals surface area contributed by atoms with Crippen LogP contribution in [0.25, 0.3) is 0 Å². The first-order chi connectivity index (χ1) is 8.19. The predicted molar refractivity (Wildman–Crippen MR) is 72.9 cm³/mol. The summed E-state index contributed by atoms with van der Waals surface area (Å²) < 4.78 is 14.1. The monoisotopic (exact) mass is 253 g/mol. The Balaban J connectivity index is 2.47. The second-order valence-electron chi connectivity index (χ2n) is 4.55. The van der Waals surface area contributed by atoms with E-state index in [4.69, 9.17) is 0 Å². The number of benzene rings is 1. The molecule has 0 saturated carbocycles. The van der Waals surface area contributed by atoms with Gasteiger partial charge in [0.2, 0.25) is 0 Å². The van der Waals surface area contributed by atoms with Crippen molar-refractivity contribution in [3.63, 3.8) is 0 Å². The lowest BCUT2D eigenvalue weighted by molar-refractivity contribution is 0.482. The maximum absolute atomic E-state index is 14.1. The molecule has 2 unspecified atom stereocenters. The summed E-state index contributed by atoms with van der Waals surface area (Å²) in [4.78, 5) is 0. The van der Waals surface area contributed by atoms with Gasteiger partial charge in [0.15, 0.2) is 0 Å². The van der Waals surface area contributed by atoms with Gasteiger partial charge in [-0.2, -0.15) is 11.8 Å². The van der Waals surface area contributed by atoms with Crippen molar-refractivity contribution in [3.8, 4) is 0 Å². The molecule has 1 N–H and O–H groups in total. The van der Waals surface area contributed by atoms with Crippen molar-refractivity contribution in [1.29, 1.82) is 0 Å². The first kappa shape index (κ1) is 12.9. The first-order valence-electron chi connectivity index (χ1n) is 6.31. The van der Waals surface area contributed by atoms with E-state index >= 15 is 0 Å². The van der Waals surface area contributed by atoms with Crippen molar-refractivity contribution < 1.29 is 4.39 Å². The molecule has 2 rings (SSSR count). The summed E-state index contributed by atoms with van der Waals surface area (Å²) in [5.41, 5.74) is 3.33. The Hall–Kier alpha value is -0.540. The fourth-order valence-corrected chi connectivity index (χ4v) is 3.98. The molecule has 0 bridgehead atoms.